The Bertz CT molecular complexity index is 551. The van der Waals surface area contributed by atoms with Gasteiger partial charge in [-0.3, -0.25) is 0 Å². The van der Waals surface area contributed by atoms with Crippen molar-refractivity contribution in [3.05, 3.63) is 16.5 Å². The van der Waals surface area contributed by atoms with Crippen molar-refractivity contribution >= 4 is 21.4 Å². The number of nitrogens with zero attached hydrogens (tertiary/aromatic N) is 2. The molecule has 21 heavy (non-hydrogen) atoms. The van der Waals surface area contributed by atoms with E-state index in [9.17, 15) is 8.42 Å². The minimum atomic E-state index is -3.38. The Morgan fingerprint density at radius 2 is 1.86 bits per heavy atom. The van der Waals surface area contributed by atoms with Crippen LogP contribution in [-0.4, -0.2) is 57.9 Å². The summed E-state index contributed by atoms with van der Waals surface area (Å²) in [6.07, 6.45) is 0. The highest BCUT2D eigenvalue weighted by Gasteiger charge is 2.24. The van der Waals surface area contributed by atoms with E-state index in [1.807, 2.05) is 25.9 Å². The topological polar surface area (TPSA) is 52.7 Å². The predicted molar refractivity (Wildman–Crippen MR) is 89.4 cm³/mol. The summed E-state index contributed by atoms with van der Waals surface area (Å²) in [5.41, 5.74) is 1.03. The van der Waals surface area contributed by atoms with Gasteiger partial charge in [0.2, 0.25) is 0 Å². The van der Waals surface area contributed by atoms with Gasteiger partial charge in [-0.1, -0.05) is 13.8 Å². The molecule has 1 aromatic heterocycles. The third-order valence-electron chi connectivity index (χ3n) is 3.20. The molecule has 0 amide bonds. The van der Waals surface area contributed by atoms with E-state index in [0.29, 0.717) is 29.9 Å². The summed E-state index contributed by atoms with van der Waals surface area (Å²) >= 11 is 1.37. The number of sulfonamides is 1. The van der Waals surface area contributed by atoms with Crippen LogP contribution >= 0.6 is 11.3 Å². The number of nitrogens with one attached hydrogen (secondary N) is 1. The van der Waals surface area contributed by atoms with E-state index in [-0.39, 0.29) is 0 Å². The van der Waals surface area contributed by atoms with E-state index in [4.69, 9.17) is 0 Å². The van der Waals surface area contributed by atoms with E-state index in [0.717, 1.165) is 10.4 Å². The molecule has 0 aliphatic rings. The molecule has 1 heterocycles. The minimum absolute atomic E-state index is 0.384. The van der Waals surface area contributed by atoms with Crippen molar-refractivity contribution in [1.29, 1.82) is 0 Å². The van der Waals surface area contributed by atoms with Crippen LogP contribution in [0.2, 0.25) is 0 Å². The first-order chi connectivity index (χ1) is 9.64. The molecule has 0 radical (unpaired) electrons. The van der Waals surface area contributed by atoms with Gasteiger partial charge in [-0.25, -0.2) is 8.42 Å². The Morgan fingerprint density at radius 3 is 2.38 bits per heavy atom. The van der Waals surface area contributed by atoms with E-state index >= 15 is 0 Å². The summed E-state index contributed by atoms with van der Waals surface area (Å²) in [4.78, 5) is 3.06. The monoisotopic (exact) mass is 333 g/mol. The lowest BCUT2D eigenvalue weighted by Crippen LogP contribution is -2.33. The Hall–Kier alpha value is -0.470. The van der Waals surface area contributed by atoms with Crippen LogP contribution in [0.4, 0.5) is 0 Å². The van der Waals surface area contributed by atoms with Gasteiger partial charge in [-0.15, -0.1) is 11.3 Å². The van der Waals surface area contributed by atoms with Gasteiger partial charge in [0.25, 0.3) is 10.0 Å². The molecule has 0 aliphatic carbocycles. The molecule has 122 valence electrons. The standard InChI is InChI=1S/C14H27N3O2S2/c1-11(2)15-10-13-12(3)9-14(20-13)21(18,19)17(6)8-7-16(4)5/h9,11,15H,7-8,10H2,1-6H3. The van der Waals surface area contributed by atoms with Crippen LogP contribution in [0.15, 0.2) is 10.3 Å². The van der Waals surface area contributed by atoms with Gasteiger partial charge >= 0.3 is 0 Å². The lowest BCUT2D eigenvalue weighted by atomic mass is 10.3. The van der Waals surface area contributed by atoms with Crippen molar-refractivity contribution in [3.63, 3.8) is 0 Å². The van der Waals surface area contributed by atoms with Gasteiger partial charge < -0.3 is 10.2 Å². The van der Waals surface area contributed by atoms with Gasteiger partial charge in [0.05, 0.1) is 0 Å². The van der Waals surface area contributed by atoms with Crippen LogP contribution in [0.25, 0.3) is 0 Å². The summed E-state index contributed by atoms with van der Waals surface area (Å²) in [6.45, 7) is 8.04. The Morgan fingerprint density at radius 1 is 1.24 bits per heavy atom. The fourth-order valence-corrected chi connectivity index (χ4v) is 4.62. The van der Waals surface area contributed by atoms with Gasteiger partial charge in [0.1, 0.15) is 4.21 Å². The number of hydrogen-bond acceptors (Lipinski definition) is 5. The lowest BCUT2D eigenvalue weighted by molar-refractivity contribution is 0.359. The molecule has 0 spiro atoms. The molecule has 0 saturated heterocycles. The van der Waals surface area contributed by atoms with Crippen LogP contribution in [-0.2, 0) is 16.6 Å². The van der Waals surface area contributed by atoms with Crippen molar-refractivity contribution in [2.75, 3.05) is 34.2 Å². The first-order valence-corrected chi connectivity index (χ1v) is 9.34. The maximum absolute atomic E-state index is 12.5. The average molecular weight is 334 g/mol. The summed E-state index contributed by atoms with van der Waals surface area (Å²) in [6, 6.07) is 2.16. The molecule has 7 heteroatoms. The smallest absolute Gasteiger partial charge is 0.252 e. The Labute approximate surface area is 133 Å². The Kier molecular flexibility index (Phi) is 6.80. The van der Waals surface area contributed by atoms with Gasteiger partial charge in [-0.05, 0) is 32.6 Å². The third kappa shape index (κ3) is 5.34. The largest absolute Gasteiger partial charge is 0.310 e. The first-order valence-electron chi connectivity index (χ1n) is 7.08. The predicted octanol–water partition coefficient (Wildman–Crippen LogP) is 1.74. The maximum Gasteiger partial charge on any atom is 0.252 e. The summed E-state index contributed by atoms with van der Waals surface area (Å²) in [5.74, 6) is 0. The van der Waals surface area contributed by atoms with Crippen molar-refractivity contribution in [2.24, 2.45) is 0 Å². The summed E-state index contributed by atoms with van der Waals surface area (Å²) in [7, 11) is 2.13. The maximum atomic E-state index is 12.5. The van der Waals surface area contributed by atoms with E-state index in [2.05, 4.69) is 19.2 Å². The lowest BCUT2D eigenvalue weighted by Gasteiger charge is -2.18. The second-order valence-corrected chi connectivity index (χ2v) is 9.25. The van der Waals surface area contributed by atoms with Crippen LogP contribution in [0, 0.1) is 6.92 Å². The van der Waals surface area contributed by atoms with Gasteiger partial charge in [-0.2, -0.15) is 4.31 Å². The molecule has 0 unspecified atom stereocenters. The van der Waals surface area contributed by atoms with Gasteiger partial charge in [0.15, 0.2) is 0 Å². The number of aryl methyl sites for hydroxylation is 1. The SMILES string of the molecule is Cc1cc(S(=O)(=O)N(C)CCN(C)C)sc1CNC(C)C. The number of likely N-dealkylation sites (N-methyl/N-ethyl adjacent to an activating group) is 2. The normalized spacial score (nSPS) is 12.8. The molecule has 1 rings (SSSR count). The fraction of sp³-hybridized carbons (Fsp3) is 0.714. The van der Waals surface area contributed by atoms with Gasteiger partial charge in [0, 0.05) is 37.6 Å². The molecule has 0 aromatic carbocycles. The first kappa shape index (κ1) is 18.6. The molecule has 0 bridgehead atoms. The second kappa shape index (κ2) is 7.69. The second-order valence-electron chi connectivity index (χ2n) is 5.84. The third-order valence-corrected chi connectivity index (χ3v) is 6.74. The summed E-state index contributed by atoms with van der Waals surface area (Å²) in [5, 5.41) is 3.33. The van der Waals surface area contributed by atoms with E-state index < -0.39 is 10.0 Å². The molecule has 0 fully saturated rings. The van der Waals surface area contributed by atoms with E-state index in [1.165, 1.54) is 15.6 Å². The molecular formula is C14H27N3O2S2. The van der Waals surface area contributed by atoms with Crippen molar-refractivity contribution in [3.8, 4) is 0 Å². The van der Waals surface area contributed by atoms with Crippen LogP contribution in [0.3, 0.4) is 0 Å². The molecule has 0 atom stereocenters. The highest BCUT2D eigenvalue weighted by molar-refractivity contribution is 7.91. The van der Waals surface area contributed by atoms with Crippen LogP contribution < -0.4 is 5.32 Å². The molecule has 1 aromatic rings. The van der Waals surface area contributed by atoms with E-state index in [1.54, 1.807) is 13.1 Å². The van der Waals surface area contributed by atoms with Crippen molar-refractivity contribution < 1.29 is 8.42 Å². The molecule has 0 saturated carbocycles. The van der Waals surface area contributed by atoms with Crippen LogP contribution in [0.5, 0.6) is 0 Å². The fourth-order valence-electron chi connectivity index (χ4n) is 1.70. The Balaban J connectivity index is 2.86. The minimum Gasteiger partial charge on any atom is -0.310 e. The number of thiophene rings is 1. The average Bonchev–Trinajstić information content (AvgIpc) is 2.75. The zero-order valence-electron chi connectivity index (χ0n) is 13.8. The zero-order chi connectivity index (χ0) is 16.2. The number of rotatable bonds is 8. The van der Waals surface area contributed by atoms with Crippen molar-refractivity contribution in [2.45, 2.75) is 37.6 Å². The molecule has 0 aliphatic heterocycles. The highest BCUT2D eigenvalue weighted by atomic mass is 32.2. The molecule has 1 N–H and O–H groups in total. The van der Waals surface area contributed by atoms with Crippen molar-refractivity contribution in [1.82, 2.24) is 14.5 Å². The number of hydrogen-bond donors (Lipinski definition) is 1. The summed E-state index contributed by atoms with van der Waals surface area (Å²) < 4.78 is 27.0. The highest BCUT2D eigenvalue weighted by Crippen LogP contribution is 2.28. The molecular weight excluding hydrogens is 306 g/mol. The quantitative estimate of drug-likeness (QED) is 0.787. The zero-order valence-corrected chi connectivity index (χ0v) is 15.4. The molecule has 5 nitrogen and oxygen atoms in total. The van der Waals surface area contributed by atoms with Crippen LogP contribution in [0.1, 0.15) is 24.3 Å².